The first-order chi connectivity index (χ1) is 7.73. The summed E-state index contributed by atoms with van der Waals surface area (Å²) in [5, 5.41) is 8.35. The van der Waals surface area contributed by atoms with Gasteiger partial charge in [0, 0.05) is 12.3 Å². The molecule has 3 heteroatoms. The molecule has 0 unspecified atom stereocenters. The third kappa shape index (κ3) is 1.14. The fourth-order valence-corrected chi connectivity index (χ4v) is 4.88. The third-order valence-electron chi connectivity index (χ3n) is 5.02. The van der Waals surface area contributed by atoms with E-state index in [9.17, 15) is 0 Å². The van der Waals surface area contributed by atoms with Crippen molar-refractivity contribution in [1.82, 2.24) is 10.2 Å². The van der Waals surface area contributed by atoms with Crippen LogP contribution in [0.4, 0.5) is 0 Å². The Balaban J connectivity index is 1.76. The van der Waals surface area contributed by atoms with Crippen molar-refractivity contribution in [2.45, 2.75) is 50.9 Å². The lowest BCUT2D eigenvalue weighted by atomic mass is 9.49. The summed E-state index contributed by atoms with van der Waals surface area (Å²) in [4.78, 5) is 0. The summed E-state index contributed by atoms with van der Waals surface area (Å²) in [5.74, 6) is 4.50. The topological polar surface area (TPSA) is 38.9 Å². The summed E-state index contributed by atoms with van der Waals surface area (Å²) in [6, 6.07) is 0. The van der Waals surface area contributed by atoms with Gasteiger partial charge in [-0.1, -0.05) is 0 Å². The van der Waals surface area contributed by atoms with Crippen LogP contribution >= 0.6 is 0 Å². The van der Waals surface area contributed by atoms with Gasteiger partial charge >= 0.3 is 0 Å². The van der Waals surface area contributed by atoms with Crippen molar-refractivity contribution in [3.8, 4) is 0 Å². The molecule has 0 radical (unpaired) electrons. The van der Waals surface area contributed by atoms with Crippen molar-refractivity contribution >= 4 is 0 Å². The van der Waals surface area contributed by atoms with Crippen LogP contribution in [0.3, 0.4) is 0 Å². The average molecular weight is 218 g/mol. The lowest BCUT2D eigenvalue weighted by Gasteiger charge is -2.55. The number of hydrogen-bond acceptors (Lipinski definition) is 3. The van der Waals surface area contributed by atoms with Crippen LogP contribution in [0.2, 0.25) is 0 Å². The molecule has 4 bridgehead atoms. The Kier molecular flexibility index (Phi) is 1.65. The summed E-state index contributed by atoms with van der Waals surface area (Å²) >= 11 is 0. The minimum atomic E-state index is 0.274. The smallest absolute Gasteiger partial charge is 0.222 e. The Morgan fingerprint density at radius 1 is 1.00 bits per heavy atom. The van der Waals surface area contributed by atoms with Crippen LogP contribution in [0.25, 0.3) is 0 Å². The molecule has 4 aliphatic rings. The van der Waals surface area contributed by atoms with Gasteiger partial charge in [-0.15, -0.1) is 10.2 Å². The fraction of sp³-hybridized carbons (Fsp3) is 0.846. The van der Waals surface area contributed by atoms with Crippen molar-refractivity contribution in [3.63, 3.8) is 0 Å². The van der Waals surface area contributed by atoms with Crippen LogP contribution < -0.4 is 0 Å². The zero-order chi connectivity index (χ0) is 10.8. The van der Waals surface area contributed by atoms with Gasteiger partial charge in [-0.05, 0) is 56.3 Å². The number of hydrogen-bond donors (Lipinski definition) is 0. The molecule has 16 heavy (non-hydrogen) atoms. The second-order valence-electron chi connectivity index (χ2n) is 6.32. The summed E-state index contributed by atoms with van der Waals surface area (Å²) < 4.78 is 5.75. The predicted molar refractivity (Wildman–Crippen MR) is 58.9 cm³/mol. The largest absolute Gasteiger partial charge is 0.425 e. The van der Waals surface area contributed by atoms with Crippen LogP contribution in [-0.2, 0) is 5.41 Å². The molecule has 4 fully saturated rings. The molecular weight excluding hydrogens is 200 g/mol. The highest BCUT2D eigenvalue weighted by atomic mass is 16.4. The van der Waals surface area contributed by atoms with Gasteiger partial charge in [0.25, 0.3) is 0 Å². The second kappa shape index (κ2) is 2.88. The van der Waals surface area contributed by atoms with Crippen LogP contribution in [-0.4, -0.2) is 10.2 Å². The first-order valence-corrected chi connectivity index (χ1v) is 6.54. The van der Waals surface area contributed by atoms with Crippen molar-refractivity contribution in [2.24, 2.45) is 17.8 Å². The first kappa shape index (κ1) is 9.20. The highest BCUT2D eigenvalue weighted by molar-refractivity contribution is 5.14. The molecule has 4 saturated carbocycles. The Labute approximate surface area is 95.6 Å². The summed E-state index contributed by atoms with van der Waals surface area (Å²) in [7, 11) is 0. The van der Waals surface area contributed by atoms with Crippen LogP contribution in [0, 0.1) is 24.7 Å². The van der Waals surface area contributed by atoms with E-state index in [4.69, 9.17) is 4.42 Å². The predicted octanol–water partition coefficient (Wildman–Crippen LogP) is 2.85. The van der Waals surface area contributed by atoms with E-state index in [0.717, 1.165) is 29.5 Å². The van der Waals surface area contributed by atoms with Crippen LogP contribution in [0.15, 0.2) is 4.42 Å². The van der Waals surface area contributed by atoms with Gasteiger partial charge in [-0.3, -0.25) is 0 Å². The molecule has 0 aliphatic heterocycles. The quantitative estimate of drug-likeness (QED) is 0.727. The second-order valence-corrected chi connectivity index (χ2v) is 6.32. The first-order valence-electron chi connectivity index (χ1n) is 6.54. The van der Waals surface area contributed by atoms with Crippen molar-refractivity contribution in [1.29, 1.82) is 0 Å². The molecule has 1 aromatic rings. The lowest BCUT2D eigenvalue weighted by molar-refractivity contribution is -0.0181. The molecule has 0 amide bonds. The van der Waals surface area contributed by atoms with Gasteiger partial charge < -0.3 is 4.42 Å². The van der Waals surface area contributed by atoms with Gasteiger partial charge in [0.1, 0.15) is 0 Å². The Bertz CT molecular complexity index is 388. The van der Waals surface area contributed by atoms with E-state index < -0.39 is 0 Å². The molecular formula is C13H18N2O. The molecule has 86 valence electrons. The lowest BCUT2D eigenvalue weighted by Crippen LogP contribution is -2.48. The Hall–Kier alpha value is -0.860. The summed E-state index contributed by atoms with van der Waals surface area (Å²) in [5.41, 5.74) is 0.274. The normalized spacial score (nSPS) is 45.2. The highest BCUT2D eigenvalue weighted by Crippen LogP contribution is 2.60. The monoisotopic (exact) mass is 218 g/mol. The molecule has 0 atom stereocenters. The third-order valence-corrected chi connectivity index (χ3v) is 5.02. The maximum Gasteiger partial charge on any atom is 0.222 e. The van der Waals surface area contributed by atoms with Gasteiger partial charge in [-0.25, -0.2) is 0 Å². The van der Waals surface area contributed by atoms with E-state index in [1.54, 1.807) is 0 Å². The van der Waals surface area contributed by atoms with Crippen LogP contribution in [0.5, 0.6) is 0 Å². The van der Waals surface area contributed by atoms with Crippen molar-refractivity contribution in [3.05, 3.63) is 11.8 Å². The van der Waals surface area contributed by atoms with Gasteiger partial charge in [-0.2, -0.15) is 0 Å². The van der Waals surface area contributed by atoms with E-state index in [2.05, 4.69) is 10.2 Å². The fourth-order valence-electron chi connectivity index (χ4n) is 4.88. The molecule has 1 aromatic heterocycles. The molecule has 1 heterocycles. The standard InChI is InChI=1S/C13H18N2O/c1-8-14-15-12(16-8)13-5-9-2-10(6-13)4-11(3-9)7-13/h9-11H,2-7H2,1H3. The average Bonchev–Trinajstić information content (AvgIpc) is 2.63. The van der Waals surface area contributed by atoms with Gasteiger partial charge in [0.05, 0.1) is 0 Å². The molecule has 0 saturated heterocycles. The van der Waals surface area contributed by atoms with Gasteiger partial charge in [0.15, 0.2) is 0 Å². The molecule has 0 spiro atoms. The molecule has 5 rings (SSSR count). The minimum Gasteiger partial charge on any atom is -0.425 e. The minimum absolute atomic E-state index is 0.274. The SMILES string of the molecule is Cc1nnc(C23CC4CC(CC(C4)C2)C3)o1. The van der Waals surface area contributed by atoms with Crippen molar-refractivity contribution < 1.29 is 4.42 Å². The van der Waals surface area contributed by atoms with E-state index in [0.29, 0.717) is 0 Å². The number of aryl methyl sites for hydroxylation is 1. The maximum absolute atomic E-state index is 5.75. The Morgan fingerprint density at radius 2 is 1.56 bits per heavy atom. The molecule has 4 aliphatic carbocycles. The molecule has 0 aromatic carbocycles. The van der Waals surface area contributed by atoms with Gasteiger partial charge in [0.2, 0.25) is 11.8 Å². The van der Waals surface area contributed by atoms with E-state index >= 15 is 0 Å². The number of aromatic nitrogens is 2. The summed E-state index contributed by atoms with van der Waals surface area (Å²) in [6.45, 7) is 1.90. The van der Waals surface area contributed by atoms with Crippen LogP contribution in [0.1, 0.15) is 50.3 Å². The molecule has 0 N–H and O–H groups in total. The summed E-state index contributed by atoms with van der Waals surface area (Å²) in [6.07, 6.45) is 8.31. The van der Waals surface area contributed by atoms with E-state index in [1.165, 1.54) is 38.5 Å². The number of rotatable bonds is 1. The molecule has 3 nitrogen and oxygen atoms in total. The van der Waals surface area contributed by atoms with E-state index in [-0.39, 0.29) is 5.41 Å². The maximum atomic E-state index is 5.75. The zero-order valence-corrected chi connectivity index (χ0v) is 9.78. The number of nitrogens with zero attached hydrogens (tertiary/aromatic N) is 2. The zero-order valence-electron chi connectivity index (χ0n) is 9.78. The van der Waals surface area contributed by atoms with E-state index in [1.807, 2.05) is 6.92 Å². The van der Waals surface area contributed by atoms with Crippen molar-refractivity contribution in [2.75, 3.05) is 0 Å². The highest BCUT2D eigenvalue weighted by Gasteiger charge is 2.54. The Morgan fingerprint density at radius 3 is 2.00 bits per heavy atom.